The predicted molar refractivity (Wildman–Crippen MR) is 49.4 cm³/mol. The Morgan fingerprint density at radius 3 is 3.17 bits per heavy atom. The van der Waals surface area contributed by atoms with Gasteiger partial charge in [-0.15, -0.1) is 6.58 Å². The summed E-state index contributed by atoms with van der Waals surface area (Å²) in [7, 11) is 0. The second kappa shape index (κ2) is 4.93. The second-order valence-corrected chi connectivity index (χ2v) is 3.10. The highest BCUT2D eigenvalue weighted by molar-refractivity contribution is 5.83. The van der Waals surface area contributed by atoms with Crippen molar-refractivity contribution in [3.8, 4) is 0 Å². The Kier molecular flexibility index (Phi) is 3.80. The summed E-state index contributed by atoms with van der Waals surface area (Å²) in [4.78, 5) is 4.25. The fourth-order valence-corrected chi connectivity index (χ4v) is 1.53. The molecule has 1 atom stereocenters. The van der Waals surface area contributed by atoms with E-state index in [9.17, 15) is 0 Å². The van der Waals surface area contributed by atoms with Crippen LogP contribution in [0, 0.1) is 5.92 Å². The van der Waals surface area contributed by atoms with Crippen LogP contribution in [0.25, 0.3) is 0 Å². The Morgan fingerprint density at radius 1 is 1.67 bits per heavy atom. The first-order valence-corrected chi connectivity index (χ1v) is 4.44. The third kappa shape index (κ3) is 2.34. The van der Waals surface area contributed by atoms with Crippen molar-refractivity contribution in [3.05, 3.63) is 12.7 Å². The molecule has 0 radical (unpaired) electrons. The Labute approximate surface area is 73.2 Å². The Bertz CT molecular complexity index is 177. The average Bonchev–Trinajstić information content (AvgIpc) is 2.30. The monoisotopic (exact) mass is 168 g/mol. The molecule has 3 heteroatoms. The van der Waals surface area contributed by atoms with E-state index in [1.165, 1.54) is 6.42 Å². The van der Waals surface area contributed by atoms with Crippen LogP contribution in [0.2, 0.25) is 0 Å². The zero-order valence-corrected chi connectivity index (χ0v) is 7.29. The molecule has 3 nitrogen and oxygen atoms in total. The van der Waals surface area contributed by atoms with Crippen LogP contribution in [-0.4, -0.2) is 17.6 Å². The Balaban J connectivity index is 2.58. The van der Waals surface area contributed by atoms with Gasteiger partial charge in [-0.2, -0.15) is 0 Å². The third-order valence-electron chi connectivity index (χ3n) is 2.20. The van der Waals surface area contributed by atoms with Crippen LogP contribution >= 0.6 is 0 Å². The molecule has 2 N–H and O–H groups in total. The van der Waals surface area contributed by atoms with Gasteiger partial charge in [-0.1, -0.05) is 12.5 Å². The van der Waals surface area contributed by atoms with E-state index in [1.54, 1.807) is 0 Å². The summed E-state index contributed by atoms with van der Waals surface area (Å²) >= 11 is 0. The summed E-state index contributed by atoms with van der Waals surface area (Å²) in [6.45, 7) is 4.52. The highest BCUT2D eigenvalue weighted by Crippen LogP contribution is 2.17. The molecule has 0 saturated carbocycles. The van der Waals surface area contributed by atoms with Crippen molar-refractivity contribution in [2.45, 2.75) is 25.7 Å². The Morgan fingerprint density at radius 2 is 2.50 bits per heavy atom. The van der Waals surface area contributed by atoms with Gasteiger partial charge in [0.2, 0.25) is 0 Å². The minimum Gasteiger partial charge on any atom is -0.290 e. The van der Waals surface area contributed by atoms with Crippen molar-refractivity contribution in [1.29, 1.82) is 0 Å². The smallest absolute Gasteiger partial charge is 0.124 e. The zero-order chi connectivity index (χ0) is 8.81. The lowest BCUT2D eigenvalue weighted by Crippen LogP contribution is -2.27. The highest BCUT2D eigenvalue weighted by atomic mass is 16.5. The van der Waals surface area contributed by atoms with E-state index in [2.05, 4.69) is 17.1 Å². The van der Waals surface area contributed by atoms with Gasteiger partial charge in [-0.25, -0.2) is 0 Å². The molecule has 0 saturated heterocycles. The van der Waals surface area contributed by atoms with Crippen molar-refractivity contribution >= 4 is 5.84 Å². The van der Waals surface area contributed by atoms with Gasteiger partial charge in [0.1, 0.15) is 5.84 Å². The van der Waals surface area contributed by atoms with Crippen LogP contribution in [0.1, 0.15) is 25.7 Å². The fraction of sp³-hybridized carbons (Fsp3) is 0.667. The van der Waals surface area contributed by atoms with Gasteiger partial charge < -0.3 is 0 Å². The largest absolute Gasteiger partial charge is 0.290 e. The lowest BCUT2D eigenvalue weighted by atomic mass is 9.98. The molecular weight excluding hydrogens is 152 g/mol. The molecule has 0 aromatic carbocycles. The van der Waals surface area contributed by atoms with Gasteiger partial charge in [0.15, 0.2) is 0 Å². The molecule has 0 fully saturated rings. The van der Waals surface area contributed by atoms with Crippen LogP contribution in [0.15, 0.2) is 17.6 Å². The van der Waals surface area contributed by atoms with Crippen LogP contribution in [0.3, 0.4) is 0 Å². The summed E-state index contributed by atoms with van der Waals surface area (Å²) in [5.74, 6) is 1.07. The topological polar surface area (TPSA) is 44.6 Å². The van der Waals surface area contributed by atoms with Crippen LogP contribution in [0.5, 0.6) is 0 Å². The number of hydrogen-bond acceptors (Lipinski definition) is 3. The molecule has 12 heavy (non-hydrogen) atoms. The number of aliphatic imine (C=N–C) groups is 1. The third-order valence-corrected chi connectivity index (χ3v) is 2.20. The number of allylic oxidation sites excluding steroid dienone is 1. The van der Waals surface area contributed by atoms with Crippen molar-refractivity contribution in [2.75, 3.05) is 6.54 Å². The zero-order valence-electron chi connectivity index (χ0n) is 7.29. The van der Waals surface area contributed by atoms with E-state index in [4.69, 9.17) is 5.21 Å². The summed E-state index contributed by atoms with van der Waals surface area (Å²) in [6, 6.07) is 0. The molecule has 0 spiro atoms. The first-order valence-electron chi connectivity index (χ1n) is 4.44. The maximum atomic E-state index is 8.80. The maximum Gasteiger partial charge on any atom is 0.124 e. The first-order chi connectivity index (χ1) is 5.88. The van der Waals surface area contributed by atoms with E-state index in [1.807, 2.05) is 6.08 Å². The molecule has 1 unspecified atom stereocenters. The number of nitrogens with zero attached hydrogens (tertiary/aromatic N) is 1. The SMILES string of the molecule is C=CCC1CCCCN=C1NO. The van der Waals surface area contributed by atoms with E-state index in [0.29, 0.717) is 5.92 Å². The van der Waals surface area contributed by atoms with E-state index in [-0.39, 0.29) is 0 Å². The van der Waals surface area contributed by atoms with Crippen LogP contribution in [-0.2, 0) is 0 Å². The number of hydroxylamine groups is 1. The van der Waals surface area contributed by atoms with Gasteiger partial charge in [-0.05, 0) is 19.3 Å². The summed E-state index contributed by atoms with van der Waals surface area (Å²) in [5.41, 5.74) is 2.18. The van der Waals surface area contributed by atoms with Crippen LogP contribution in [0.4, 0.5) is 0 Å². The quantitative estimate of drug-likeness (QED) is 0.487. The molecule has 1 rings (SSSR count). The molecule has 1 aliphatic heterocycles. The van der Waals surface area contributed by atoms with Crippen LogP contribution < -0.4 is 5.48 Å². The van der Waals surface area contributed by atoms with Gasteiger partial charge in [0, 0.05) is 12.5 Å². The summed E-state index contributed by atoms with van der Waals surface area (Å²) in [5, 5.41) is 8.80. The van der Waals surface area contributed by atoms with Crippen molar-refractivity contribution in [1.82, 2.24) is 5.48 Å². The minimum absolute atomic E-state index is 0.343. The molecule has 1 heterocycles. The Hall–Kier alpha value is -0.830. The van der Waals surface area contributed by atoms with Gasteiger partial charge >= 0.3 is 0 Å². The van der Waals surface area contributed by atoms with Gasteiger partial charge in [0.05, 0.1) is 0 Å². The second-order valence-electron chi connectivity index (χ2n) is 3.10. The standard InChI is InChI=1S/C9H16N2O/c1-2-5-8-6-3-4-7-10-9(8)11-12/h2,8,12H,1,3-7H2,(H,10,11). The average molecular weight is 168 g/mol. The molecule has 0 aliphatic carbocycles. The minimum atomic E-state index is 0.343. The first kappa shape index (κ1) is 9.26. The lowest BCUT2D eigenvalue weighted by Gasteiger charge is -2.13. The highest BCUT2D eigenvalue weighted by Gasteiger charge is 2.15. The maximum absolute atomic E-state index is 8.80. The predicted octanol–water partition coefficient (Wildman–Crippen LogP) is 1.74. The van der Waals surface area contributed by atoms with Crippen molar-refractivity contribution in [3.63, 3.8) is 0 Å². The summed E-state index contributed by atoms with van der Waals surface area (Å²) in [6.07, 6.45) is 6.18. The van der Waals surface area contributed by atoms with E-state index < -0.39 is 0 Å². The fourth-order valence-electron chi connectivity index (χ4n) is 1.53. The number of amidine groups is 1. The molecule has 0 amide bonds. The van der Waals surface area contributed by atoms with Crippen molar-refractivity contribution < 1.29 is 5.21 Å². The van der Waals surface area contributed by atoms with Crippen molar-refractivity contribution in [2.24, 2.45) is 10.9 Å². The lowest BCUT2D eigenvalue weighted by molar-refractivity contribution is 0.226. The number of rotatable bonds is 2. The molecule has 0 aromatic heterocycles. The number of hydrogen-bond donors (Lipinski definition) is 2. The normalized spacial score (nSPS) is 24.1. The summed E-state index contributed by atoms with van der Waals surface area (Å²) < 4.78 is 0. The molecular formula is C9H16N2O. The van der Waals surface area contributed by atoms with Gasteiger partial charge in [-0.3, -0.25) is 15.7 Å². The van der Waals surface area contributed by atoms with E-state index >= 15 is 0 Å². The number of nitrogens with one attached hydrogen (secondary N) is 1. The molecule has 0 aromatic rings. The molecule has 0 bridgehead atoms. The van der Waals surface area contributed by atoms with Gasteiger partial charge in [0.25, 0.3) is 0 Å². The molecule has 1 aliphatic rings. The molecule has 68 valence electrons. The van der Waals surface area contributed by atoms with E-state index in [0.717, 1.165) is 31.6 Å².